The van der Waals surface area contributed by atoms with Crippen LogP contribution >= 0.6 is 13.9 Å². The van der Waals surface area contributed by atoms with Gasteiger partial charge in [0.15, 0.2) is 0 Å². The Morgan fingerprint density at radius 3 is 0.882 bits per heavy atom. The molecule has 0 fully saturated rings. The third-order valence-corrected chi connectivity index (χ3v) is 31.3. The van der Waals surface area contributed by atoms with Crippen LogP contribution in [-0.2, 0) is 0 Å². The molecule has 17 heavy (non-hydrogen) atoms. The van der Waals surface area contributed by atoms with Crippen LogP contribution in [0.4, 0.5) is 0 Å². The van der Waals surface area contributed by atoms with Crippen molar-refractivity contribution in [3.63, 3.8) is 0 Å². The van der Waals surface area contributed by atoms with Gasteiger partial charge in [-0.1, -0.05) is 0 Å². The predicted octanol–water partition coefficient (Wildman–Crippen LogP) is 5.69. The van der Waals surface area contributed by atoms with Gasteiger partial charge < -0.3 is 0 Å². The van der Waals surface area contributed by atoms with E-state index in [9.17, 15) is 0 Å². The molecule has 0 bridgehead atoms. The van der Waals surface area contributed by atoms with Crippen molar-refractivity contribution >= 4 is 13.9 Å². The average Bonchev–Trinajstić information content (AvgIpc) is 2.24. The van der Waals surface area contributed by atoms with Crippen LogP contribution in [0.5, 0.6) is 0 Å². The van der Waals surface area contributed by atoms with Crippen molar-refractivity contribution in [3.05, 3.63) is 0 Å². The predicted molar refractivity (Wildman–Crippen MR) is 93.7 cm³/mol. The molecule has 0 amide bonds. The minimum atomic E-state index is -1.17. The molecule has 0 unspecified atom stereocenters. The Morgan fingerprint density at radius 1 is 0.588 bits per heavy atom. The van der Waals surface area contributed by atoms with Gasteiger partial charge in [0.25, 0.3) is 0 Å². The van der Waals surface area contributed by atoms with Gasteiger partial charge in [-0.15, -0.1) is 0 Å². The molecule has 0 aliphatic heterocycles. The zero-order chi connectivity index (χ0) is 13.9. The fraction of sp³-hybridized carbons (Fsp3) is 1.00. The van der Waals surface area contributed by atoms with Gasteiger partial charge in [0.1, 0.15) is 0 Å². The van der Waals surface area contributed by atoms with Crippen molar-refractivity contribution in [2.45, 2.75) is 79.3 Å². The summed E-state index contributed by atoms with van der Waals surface area (Å²) in [6.45, 7) is 20.5. The zero-order valence-corrected chi connectivity index (χ0v) is 15.9. The first-order valence-corrected chi connectivity index (χ1v) is 13.6. The molecule has 0 aliphatic carbocycles. The normalized spacial score (nSPS) is 16.0. The van der Waals surface area contributed by atoms with Crippen molar-refractivity contribution in [3.8, 4) is 0 Å². The number of hydrogen-bond donors (Lipinski definition) is 0. The van der Waals surface area contributed by atoms with Crippen molar-refractivity contribution < 1.29 is 0 Å². The molecule has 0 atom stereocenters. The first kappa shape index (κ1) is 17.9. The molecule has 0 saturated carbocycles. The minimum absolute atomic E-state index is 0.953. The molecule has 108 valence electrons. The molecule has 0 aliphatic rings. The van der Waals surface area contributed by atoms with E-state index in [2.05, 4.69) is 62.3 Å². The molecule has 0 spiro atoms. The van der Waals surface area contributed by atoms with Crippen molar-refractivity contribution in [2.75, 3.05) is 18.5 Å². The van der Waals surface area contributed by atoms with E-state index in [4.69, 9.17) is 0 Å². The number of rotatable bonds is 7. The third kappa shape index (κ3) is 2.74. The Hall–Kier alpha value is 0.860. The fourth-order valence-corrected chi connectivity index (χ4v) is 33.1. The quantitative estimate of drug-likeness (QED) is 0.526. The standard InChI is InChI=1S/C15H38P2/c1-10-16(11-2,12-3)17(13(4)5,14(6)7)15(8)9/h13-17H,10-12H2,1-9H3. The Morgan fingerprint density at radius 2 is 0.824 bits per heavy atom. The molecule has 0 radical (unpaired) electrons. The third-order valence-electron chi connectivity index (χ3n) is 5.81. The van der Waals surface area contributed by atoms with Crippen LogP contribution in [0.15, 0.2) is 0 Å². The molecule has 0 aromatic carbocycles. The monoisotopic (exact) mass is 280 g/mol. The molecule has 0 rings (SSSR count). The summed E-state index contributed by atoms with van der Waals surface area (Å²) in [4.78, 5) is 0. The van der Waals surface area contributed by atoms with E-state index < -0.39 is 13.9 Å². The zero-order valence-electron chi connectivity index (χ0n) is 13.9. The van der Waals surface area contributed by atoms with E-state index in [0.717, 1.165) is 17.0 Å². The van der Waals surface area contributed by atoms with Gasteiger partial charge >= 0.3 is 112 Å². The average molecular weight is 280 g/mol. The SMILES string of the molecule is CC[PH](CC)(CC)[PH](C(C)C)(C(C)C)C(C)C. The second-order valence-corrected chi connectivity index (χ2v) is 22.5. The summed E-state index contributed by atoms with van der Waals surface area (Å²) in [5.74, 6) is 0. The van der Waals surface area contributed by atoms with Crippen LogP contribution in [-0.4, -0.2) is 35.5 Å². The van der Waals surface area contributed by atoms with Crippen LogP contribution in [0, 0.1) is 0 Å². The van der Waals surface area contributed by atoms with Gasteiger partial charge in [-0.25, -0.2) is 0 Å². The van der Waals surface area contributed by atoms with Crippen LogP contribution in [0.2, 0.25) is 0 Å². The maximum atomic E-state index is 2.54. The van der Waals surface area contributed by atoms with Gasteiger partial charge in [-0.05, 0) is 0 Å². The van der Waals surface area contributed by atoms with Gasteiger partial charge in [0.2, 0.25) is 0 Å². The molecular weight excluding hydrogens is 242 g/mol. The van der Waals surface area contributed by atoms with E-state index in [0.29, 0.717) is 0 Å². The molecule has 0 nitrogen and oxygen atoms in total. The van der Waals surface area contributed by atoms with Crippen LogP contribution in [0.1, 0.15) is 62.3 Å². The second-order valence-electron chi connectivity index (χ2n) is 6.74. The first-order valence-electron chi connectivity index (χ1n) is 7.76. The van der Waals surface area contributed by atoms with Crippen molar-refractivity contribution in [1.82, 2.24) is 0 Å². The summed E-state index contributed by atoms with van der Waals surface area (Å²) in [7, 11) is 0. The summed E-state index contributed by atoms with van der Waals surface area (Å²) in [5.41, 5.74) is 2.86. The van der Waals surface area contributed by atoms with Gasteiger partial charge in [-0.2, -0.15) is 0 Å². The summed E-state index contributed by atoms with van der Waals surface area (Å²) >= 11 is 0. The Bertz CT molecular complexity index is 185. The molecule has 0 N–H and O–H groups in total. The van der Waals surface area contributed by atoms with E-state index in [1.807, 2.05) is 0 Å². The molecular formula is C15H38P2. The fourth-order valence-electron chi connectivity index (χ4n) is 5.51. The molecule has 0 aromatic rings. The Kier molecular flexibility index (Phi) is 7.21. The van der Waals surface area contributed by atoms with Gasteiger partial charge in [0, 0.05) is 0 Å². The Labute approximate surface area is 112 Å². The van der Waals surface area contributed by atoms with E-state index in [-0.39, 0.29) is 0 Å². The first-order chi connectivity index (χ1) is 7.76. The molecule has 0 aromatic heterocycles. The van der Waals surface area contributed by atoms with E-state index in [1.54, 1.807) is 0 Å². The van der Waals surface area contributed by atoms with Crippen LogP contribution in [0.25, 0.3) is 0 Å². The van der Waals surface area contributed by atoms with Crippen LogP contribution < -0.4 is 0 Å². The van der Waals surface area contributed by atoms with Gasteiger partial charge in [-0.3, -0.25) is 0 Å². The number of hydrogen-bond acceptors (Lipinski definition) is 0. The Balaban J connectivity index is 5.88. The van der Waals surface area contributed by atoms with Gasteiger partial charge in [0.05, 0.1) is 0 Å². The van der Waals surface area contributed by atoms with Crippen molar-refractivity contribution in [1.29, 1.82) is 0 Å². The summed E-state index contributed by atoms with van der Waals surface area (Å²) < 4.78 is 0. The molecule has 2 heteroatoms. The second kappa shape index (κ2) is 6.86. The topological polar surface area (TPSA) is 0 Å². The van der Waals surface area contributed by atoms with E-state index in [1.165, 1.54) is 18.5 Å². The van der Waals surface area contributed by atoms with Crippen molar-refractivity contribution in [2.24, 2.45) is 0 Å². The van der Waals surface area contributed by atoms with E-state index >= 15 is 0 Å². The maximum absolute atomic E-state index is 2.54. The molecule has 0 heterocycles. The van der Waals surface area contributed by atoms with Crippen LogP contribution in [0.3, 0.4) is 0 Å². The summed E-state index contributed by atoms with van der Waals surface area (Å²) in [6.07, 6.45) is 4.54. The summed E-state index contributed by atoms with van der Waals surface area (Å²) in [6, 6.07) is 0. The summed E-state index contributed by atoms with van der Waals surface area (Å²) in [5, 5.41) is 0. The molecule has 0 saturated heterocycles.